The molecular weight excluding hydrogens is 328 g/mol. The summed E-state index contributed by atoms with van der Waals surface area (Å²) in [5, 5.41) is 5.68. The van der Waals surface area contributed by atoms with Crippen LogP contribution in [0.5, 0.6) is 0 Å². The highest BCUT2D eigenvalue weighted by atomic mass is 16.2. The van der Waals surface area contributed by atoms with E-state index in [2.05, 4.69) is 15.5 Å². The van der Waals surface area contributed by atoms with Gasteiger partial charge in [-0.25, -0.2) is 4.79 Å². The number of anilines is 2. The number of carbonyl (C=O) groups excluding carboxylic acids is 2. The fourth-order valence-corrected chi connectivity index (χ4v) is 3.99. The number of urea groups is 1. The fourth-order valence-electron chi connectivity index (χ4n) is 3.99. The third-order valence-electron chi connectivity index (χ3n) is 5.38. The molecule has 6 heteroatoms. The van der Waals surface area contributed by atoms with E-state index in [4.69, 9.17) is 0 Å². The molecule has 3 rings (SSSR count). The average Bonchev–Trinajstić information content (AvgIpc) is 2.91. The van der Waals surface area contributed by atoms with Crippen LogP contribution in [0.4, 0.5) is 16.2 Å². The Morgan fingerprint density at radius 1 is 0.923 bits per heavy atom. The monoisotopic (exact) mass is 358 g/mol. The smallest absolute Gasteiger partial charge is 0.321 e. The molecule has 0 radical (unpaired) electrons. The molecule has 2 fully saturated rings. The second kappa shape index (κ2) is 9.03. The van der Waals surface area contributed by atoms with Crippen LogP contribution in [0.3, 0.4) is 0 Å². The van der Waals surface area contributed by atoms with Crippen molar-refractivity contribution in [2.75, 3.05) is 36.8 Å². The van der Waals surface area contributed by atoms with E-state index in [1.165, 1.54) is 45.4 Å². The summed E-state index contributed by atoms with van der Waals surface area (Å²) in [5.74, 6) is -0.122. The van der Waals surface area contributed by atoms with Crippen molar-refractivity contribution in [3.63, 3.8) is 0 Å². The highest BCUT2D eigenvalue weighted by molar-refractivity contribution is 5.92. The normalized spacial score (nSPS) is 19.7. The molecule has 1 aliphatic heterocycles. The average molecular weight is 358 g/mol. The zero-order chi connectivity index (χ0) is 18.4. The molecular formula is C20H30N4O2. The molecule has 0 unspecified atom stereocenters. The molecule has 0 bridgehead atoms. The highest BCUT2D eigenvalue weighted by Crippen LogP contribution is 2.23. The first-order valence-corrected chi connectivity index (χ1v) is 9.79. The molecule has 1 aromatic carbocycles. The van der Waals surface area contributed by atoms with Crippen molar-refractivity contribution in [1.82, 2.24) is 9.80 Å². The first-order chi connectivity index (χ1) is 12.6. The van der Waals surface area contributed by atoms with Crippen molar-refractivity contribution in [3.05, 3.63) is 24.3 Å². The van der Waals surface area contributed by atoms with Gasteiger partial charge in [0.2, 0.25) is 5.91 Å². The first kappa shape index (κ1) is 18.7. The highest BCUT2D eigenvalue weighted by Gasteiger charge is 2.26. The Morgan fingerprint density at radius 2 is 1.54 bits per heavy atom. The summed E-state index contributed by atoms with van der Waals surface area (Å²) < 4.78 is 0. The number of piperazine rings is 1. The van der Waals surface area contributed by atoms with Gasteiger partial charge in [-0.3, -0.25) is 9.69 Å². The van der Waals surface area contributed by atoms with Crippen molar-refractivity contribution >= 4 is 23.3 Å². The number of nitrogens with one attached hydrogen (secondary N) is 2. The zero-order valence-electron chi connectivity index (χ0n) is 15.7. The van der Waals surface area contributed by atoms with Crippen LogP contribution in [0.15, 0.2) is 24.3 Å². The summed E-state index contributed by atoms with van der Waals surface area (Å²) >= 11 is 0. The fraction of sp³-hybridized carbons (Fsp3) is 0.600. The molecule has 1 aliphatic carbocycles. The number of rotatable bonds is 3. The van der Waals surface area contributed by atoms with Gasteiger partial charge in [0, 0.05) is 50.5 Å². The molecule has 142 valence electrons. The van der Waals surface area contributed by atoms with Crippen molar-refractivity contribution < 1.29 is 9.59 Å². The van der Waals surface area contributed by atoms with Gasteiger partial charge in [0.05, 0.1) is 0 Å². The maximum Gasteiger partial charge on any atom is 0.321 e. The Balaban J connectivity index is 1.50. The SMILES string of the molecule is CC(=O)Nc1cccc(NC(=O)N2CCN(C3CCCCCC3)CC2)c1. The third-order valence-corrected chi connectivity index (χ3v) is 5.38. The van der Waals surface area contributed by atoms with E-state index in [1.807, 2.05) is 23.1 Å². The van der Waals surface area contributed by atoms with E-state index < -0.39 is 0 Å². The molecule has 1 aromatic rings. The maximum absolute atomic E-state index is 12.5. The van der Waals surface area contributed by atoms with Crippen molar-refractivity contribution in [1.29, 1.82) is 0 Å². The molecule has 0 atom stereocenters. The third kappa shape index (κ3) is 5.21. The number of hydrogen-bond donors (Lipinski definition) is 2. The molecule has 26 heavy (non-hydrogen) atoms. The number of nitrogens with zero attached hydrogens (tertiary/aromatic N) is 2. The Bertz CT molecular complexity index is 618. The minimum atomic E-state index is -0.122. The van der Waals surface area contributed by atoms with Crippen molar-refractivity contribution in [2.45, 2.75) is 51.5 Å². The molecule has 2 N–H and O–H groups in total. The van der Waals surface area contributed by atoms with E-state index >= 15 is 0 Å². The minimum absolute atomic E-state index is 0.0644. The Labute approximate surface area is 155 Å². The summed E-state index contributed by atoms with van der Waals surface area (Å²) in [6.07, 6.45) is 8.04. The van der Waals surface area contributed by atoms with Gasteiger partial charge in [0.15, 0.2) is 0 Å². The second-order valence-corrected chi connectivity index (χ2v) is 7.36. The van der Waals surface area contributed by atoms with Crippen LogP contribution in [0.25, 0.3) is 0 Å². The van der Waals surface area contributed by atoms with Gasteiger partial charge in [0.1, 0.15) is 0 Å². The van der Waals surface area contributed by atoms with E-state index in [0.717, 1.165) is 26.2 Å². The first-order valence-electron chi connectivity index (χ1n) is 9.79. The van der Waals surface area contributed by atoms with Gasteiger partial charge in [-0.1, -0.05) is 31.7 Å². The van der Waals surface area contributed by atoms with E-state index in [0.29, 0.717) is 17.4 Å². The Kier molecular flexibility index (Phi) is 6.50. The second-order valence-electron chi connectivity index (χ2n) is 7.36. The van der Waals surface area contributed by atoms with E-state index in [1.54, 1.807) is 6.07 Å². The summed E-state index contributed by atoms with van der Waals surface area (Å²) in [7, 11) is 0. The van der Waals surface area contributed by atoms with Crippen LogP contribution in [-0.4, -0.2) is 54.0 Å². The topological polar surface area (TPSA) is 64.7 Å². The molecule has 1 saturated carbocycles. The molecule has 3 amide bonds. The summed E-state index contributed by atoms with van der Waals surface area (Å²) in [4.78, 5) is 28.2. The summed E-state index contributed by atoms with van der Waals surface area (Å²) in [6.45, 7) is 4.94. The van der Waals surface area contributed by atoms with Crippen molar-refractivity contribution in [3.8, 4) is 0 Å². The van der Waals surface area contributed by atoms with Gasteiger partial charge in [0.25, 0.3) is 0 Å². The van der Waals surface area contributed by atoms with E-state index in [9.17, 15) is 9.59 Å². The van der Waals surface area contributed by atoms with E-state index in [-0.39, 0.29) is 11.9 Å². The largest absolute Gasteiger partial charge is 0.326 e. The molecule has 1 saturated heterocycles. The van der Waals surface area contributed by atoms with Crippen LogP contribution in [-0.2, 0) is 4.79 Å². The molecule has 6 nitrogen and oxygen atoms in total. The van der Waals surface area contributed by atoms with Crippen LogP contribution >= 0.6 is 0 Å². The Hall–Kier alpha value is -2.08. The number of benzene rings is 1. The molecule has 1 heterocycles. The summed E-state index contributed by atoms with van der Waals surface area (Å²) in [5.41, 5.74) is 1.39. The lowest BCUT2D eigenvalue weighted by Crippen LogP contribution is -2.52. The zero-order valence-corrected chi connectivity index (χ0v) is 15.7. The standard InChI is InChI=1S/C20H30N4O2/c1-16(25)21-17-7-6-8-18(15-17)22-20(26)24-13-11-23(12-14-24)19-9-4-2-3-5-10-19/h6-8,15,19H,2-5,9-14H2,1H3,(H,21,25)(H,22,26). The lowest BCUT2D eigenvalue weighted by atomic mass is 10.1. The van der Waals surface area contributed by atoms with Crippen LogP contribution in [0.1, 0.15) is 45.4 Å². The van der Waals surface area contributed by atoms with Crippen LogP contribution < -0.4 is 10.6 Å². The Morgan fingerprint density at radius 3 is 2.15 bits per heavy atom. The number of amides is 3. The number of hydrogen-bond acceptors (Lipinski definition) is 3. The lowest BCUT2D eigenvalue weighted by molar-refractivity contribution is -0.114. The van der Waals surface area contributed by atoms with Crippen LogP contribution in [0, 0.1) is 0 Å². The predicted octanol–water partition coefficient (Wildman–Crippen LogP) is 3.52. The summed E-state index contributed by atoms with van der Waals surface area (Å²) in [6, 6.07) is 7.89. The van der Waals surface area contributed by atoms with Gasteiger partial charge in [-0.15, -0.1) is 0 Å². The van der Waals surface area contributed by atoms with Crippen LogP contribution in [0.2, 0.25) is 0 Å². The van der Waals surface area contributed by atoms with Gasteiger partial charge >= 0.3 is 6.03 Å². The van der Waals surface area contributed by atoms with Crippen molar-refractivity contribution in [2.24, 2.45) is 0 Å². The quantitative estimate of drug-likeness (QED) is 0.813. The van der Waals surface area contributed by atoms with Gasteiger partial charge < -0.3 is 15.5 Å². The van der Waals surface area contributed by atoms with Gasteiger partial charge in [-0.2, -0.15) is 0 Å². The predicted molar refractivity (Wildman–Crippen MR) is 104 cm³/mol. The van der Waals surface area contributed by atoms with Gasteiger partial charge in [-0.05, 0) is 31.0 Å². The molecule has 0 aromatic heterocycles. The maximum atomic E-state index is 12.5. The lowest BCUT2D eigenvalue weighted by Gasteiger charge is -2.39. The molecule has 2 aliphatic rings. The number of carbonyl (C=O) groups is 2. The minimum Gasteiger partial charge on any atom is -0.326 e. The molecule has 0 spiro atoms.